The van der Waals surface area contributed by atoms with Crippen LogP contribution in [-0.2, 0) is 0 Å². The van der Waals surface area contributed by atoms with Gasteiger partial charge in [-0.25, -0.2) is 0 Å². The highest BCUT2D eigenvalue weighted by Gasteiger charge is 2.48. The maximum atomic E-state index is 5.13. The molecule has 3 heteroatoms. The number of thiocarbonyl (C=S) groups is 1. The van der Waals surface area contributed by atoms with Crippen molar-refractivity contribution in [2.45, 2.75) is 40.5 Å². The molecule has 1 rings (SSSR count). The summed E-state index contributed by atoms with van der Waals surface area (Å²) in [5, 5.41) is 0. The van der Waals surface area contributed by atoms with E-state index >= 15 is 0 Å². The van der Waals surface area contributed by atoms with Gasteiger partial charge in [0.05, 0.1) is 0 Å². The first-order valence-corrected chi connectivity index (χ1v) is 6.16. The second kappa shape index (κ2) is 4.01. The summed E-state index contributed by atoms with van der Waals surface area (Å²) in [6, 6.07) is 0. The zero-order valence-corrected chi connectivity index (χ0v) is 11.3. The third-order valence-electron chi connectivity index (χ3n) is 3.83. The SMILES string of the molecule is CCCC1(C)CN(C(=S)S)CC1(C)C. The number of thiol groups is 1. The molecule has 0 spiro atoms. The summed E-state index contributed by atoms with van der Waals surface area (Å²) in [7, 11) is 0. The van der Waals surface area contributed by atoms with E-state index in [0.29, 0.717) is 10.8 Å². The maximum absolute atomic E-state index is 5.13. The first-order valence-electron chi connectivity index (χ1n) is 5.30. The molecule has 0 saturated carbocycles. The Morgan fingerprint density at radius 1 is 1.36 bits per heavy atom. The van der Waals surface area contributed by atoms with Crippen molar-refractivity contribution >= 4 is 29.2 Å². The smallest absolute Gasteiger partial charge is 0.133 e. The Morgan fingerprint density at radius 2 is 1.93 bits per heavy atom. The summed E-state index contributed by atoms with van der Waals surface area (Å²) >= 11 is 9.41. The van der Waals surface area contributed by atoms with Crippen molar-refractivity contribution in [3.63, 3.8) is 0 Å². The van der Waals surface area contributed by atoms with Gasteiger partial charge in [0.2, 0.25) is 0 Å². The largest absolute Gasteiger partial charge is 0.357 e. The molecule has 1 atom stereocenters. The van der Waals surface area contributed by atoms with Gasteiger partial charge in [-0.1, -0.05) is 46.3 Å². The Bertz CT molecular complexity index is 237. The molecule has 1 heterocycles. The zero-order valence-electron chi connectivity index (χ0n) is 9.63. The van der Waals surface area contributed by atoms with E-state index in [9.17, 15) is 0 Å². The molecular weight excluding hydrogens is 210 g/mol. The highest BCUT2D eigenvalue weighted by molar-refractivity contribution is 8.10. The van der Waals surface area contributed by atoms with E-state index in [0.717, 1.165) is 17.4 Å². The molecule has 1 aliphatic rings. The average Bonchev–Trinajstić information content (AvgIpc) is 2.24. The van der Waals surface area contributed by atoms with Crippen LogP contribution in [0.15, 0.2) is 0 Å². The highest BCUT2D eigenvalue weighted by atomic mass is 32.1. The van der Waals surface area contributed by atoms with Crippen molar-refractivity contribution in [1.29, 1.82) is 0 Å². The van der Waals surface area contributed by atoms with Crippen LogP contribution in [0.25, 0.3) is 0 Å². The van der Waals surface area contributed by atoms with Gasteiger partial charge >= 0.3 is 0 Å². The Hall–Kier alpha value is 0.240. The lowest BCUT2D eigenvalue weighted by atomic mass is 9.67. The molecule has 1 unspecified atom stereocenters. The van der Waals surface area contributed by atoms with E-state index in [1.54, 1.807) is 0 Å². The molecule has 1 fully saturated rings. The molecule has 0 aromatic heterocycles. The van der Waals surface area contributed by atoms with Gasteiger partial charge in [0.25, 0.3) is 0 Å². The molecule has 0 amide bonds. The Balaban J connectivity index is 2.82. The number of hydrogen-bond acceptors (Lipinski definition) is 1. The minimum Gasteiger partial charge on any atom is -0.357 e. The fourth-order valence-corrected chi connectivity index (χ4v) is 2.73. The molecule has 1 nitrogen and oxygen atoms in total. The predicted molar refractivity (Wildman–Crippen MR) is 70.0 cm³/mol. The molecule has 0 aliphatic carbocycles. The standard InChI is InChI=1S/C11H21NS2/c1-5-6-11(4)8-12(9(13)14)7-10(11,2)3/h5-8H2,1-4H3,(H,13,14). The van der Waals surface area contributed by atoms with E-state index in [2.05, 4.69) is 45.2 Å². The first-order chi connectivity index (χ1) is 6.32. The lowest BCUT2D eigenvalue weighted by Gasteiger charge is -2.36. The molecule has 14 heavy (non-hydrogen) atoms. The van der Waals surface area contributed by atoms with Gasteiger partial charge in [-0.05, 0) is 17.3 Å². The molecular formula is C11H21NS2. The normalized spacial score (nSPS) is 30.8. The molecule has 1 saturated heterocycles. The van der Waals surface area contributed by atoms with Gasteiger partial charge in [-0.3, -0.25) is 0 Å². The summed E-state index contributed by atoms with van der Waals surface area (Å²) in [6.45, 7) is 11.4. The monoisotopic (exact) mass is 231 g/mol. The van der Waals surface area contributed by atoms with Crippen LogP contribution in [0.3, 0.4) is 0 Å². The first kappa shape index (κ1) is 12.3. The van der Waals surface area contributed by atoms with Crippen molar-refractivity contribution in [1.82, 2.24) is 4.90 Å². The lowest BCUT2D eigenvalue weighted by Crippen LogP contribution is -2.33. The van der Waals surface area contributed by atoms with E-state index in [4.69, 9.17) is 12.2 Å². The third kappa shape index (κ3) is 2.08. The van der Waals surface area contributed by atoms with Crippen molar-refractivity contribution in [3.05, 3.63) is 0 Å². The average molecular weight is 231 g/mol. The van der Waals surface area contributed by atoms with Gasteiger partial charge < -0.3 is 4.90 Å². The summed E-state index contributed by atoms with van der Waals surface area (Å²) < 4.78 is 0.748. The topological polar surface area (TPSA) is 3.24 Å². The van der Waals surface area contributed by atoms with E-state index in [1.807, 2.05) is 0 Å². The van der Waals surface area contributed by atoms with Crippen molar-refractivity contribution in [3.8, 4) is 0 Å². The molecule has 0 radical (unpaired) electrons. The fourth-order valence-electron chi connectivity index (χ4n) is 2.46. The van der Waals surface area contributed by atoms with Gasteiger partial charge in [-0.15, -0.1) is 12.6 Å². The zero-order chi connectivity index (χ0) is 11.0. The number of rotatable bonds is 2. The minimum absolute atomic E-state index is 0.343. The Kier molecular flexibility index (Phi) is 3.53. The van der Waals surface area contributed by atoms with E-state index in [-0.39, 0.29) is 0 Å². The van der Waals surface area contributed by atoms with Crippen LogP contribution in [0.5, 0.6) is 0 Å². The highest BCUT2D eigenvalue weighted by Crippen LogP contribution is 2.48. The Morgan fingerprint density at radius 3 is 2.29 bits per heavy atom. The van der Waals surface area contributed by atoms with Crippen molar-refractivity contribution in [2.75, 3.05) is 13.1 Å². The van der Waals surface area contributed by atoms with Crippen molar-refractivity contribution in [2.24, 2.45) is 10.8 Å². The van der Waals surface area contributed by atoms with Crippen LogP contribution in [0, 0.1) is 10.8 Å². The molecule has 1 aliphatic heterocycles. The van der Waals surface area contributed by atoms with E-state index in [1.165, 1.54) is 12.8 Å². The molecule has 0 aromatic rings. The van der Waals surface area contributed by atoms with Crippen molar-refractivity contribution < 1.29 is 0 Å². The van der Waals surface area contributed by atoms with Crippen LogP contribution >= 0.6 is 24.8 Å². The lowest BCUT2D eigenvalue weighted by molar-refractivity contribution is 0.143. The van der Waals surface area contributed by atoms with Gasteiger partial charge in [0, 0.05) is 13.1 Å². The molecule has 82 valence electrons. The minimum atomic E-state index is 0.343. The molecule has 0 N–H and O–H groups in total. The van der Waals surface area contributed by atoms with Gasteiger partial charge in [-0.2, -0.15) is 0 Å². The summed E-state index contributed by atoms with van der Waals surface area (Å²) in [6.07, 6.45) is 2.51. The van der Waals surface area contributed by atoms with Gasteiger partial charge in [0.15, 0.2) is 0 Å². The number of hydrogen-bond donors (Lipinski definition) is 1. The quantitative estimate of drug-likeness (QED) is 0.573. The summed E-state index contributed by atoms with van der Waals surface area (Å²) in [4.78, 5) is 2.23. The fraction of sp³-hybridized carbons (Fsp3) is 0.909. The molecule has 0 aromatic carbocycles. The van der Waals surface area contributed by atoms with E-state index < -0.39 is 0 Å². The summed E-state index contributed by atoms with van der Waals surface area (Å²) in [5.74, 6) is 0. The maximum Gasteiger partial charge on any atom is 0.133 e. The van der Waals surface area contributed by atoms with Gasteiger partial charge in [0.1, 0.15) is 4.32 Å². The summed E-state index contributed by atoms with van der Waals surface area (Å²) in [5.41, 5.74) is 0.727. The molecule has 0 bridgehead atoms. The van der Waals surface area contributed by atoms with Crippen LogP contribution in [0.2, 0.25) is 0 Å². The second-order valence-corrected chi connectivity index (χ2v) is 6.45. The predicted octanol–water partition coefficient (Wildman–Crippen LogP) is 3.35. The Labute approximate surface area is 98.7 Å². The van der Waals surface area contributed by atoms with Crippen LogP contribution in [-0.4, -0.2) is 22.3 Å². The van der Waals surface area contributed by atoms with Crippen LogP contribution in [0.1, 0.15) is 40.5 Å². The van der Waals surface area contributed by atoms with Crippen LogP contribution in [0.4, 0.5) is 0 Å². The number of likely N-dealkylation sites (tertiary alicyclic amines) is 1. The van der Waals surface area contributed by atoms with Crippen LogP contribution < -0.4 is 0 Å². The number of nitrogens with zero attached hydrogens (tertiary/aromatic N) is 1. The third-order valence-corrected chi connectivity index (χ3v) is 4.37. The second-order valence-electron chi connectivity index (χ2n) is 5.33.